The number of hydrogen-bond donors (Lipinski definition) is 1. The van der Waals surface area contributed by atoms with Crippen LogP contribution in [0.2, 0.25) is 0 Å². The van der Waals surface area contributed by atoms with E-state index in [1.807, 2.05) is 81.4 Å². The Balaban J connectivity index is 1.76. The summed E-state index contributed by atoms with van der Waals surface area (Å²) in [6.07, 6.45) is -2.18. The van der Waals surface area contributed by atoms with Gasteiger partial charge < -0.3 is 29.0 Å². The SMILES string of the molecule is CO[C@@H]1OC[C@H](OCc2ccccc2)[C@H](OCc2ccccc2)[C@H]1NC(=O)OC(C)(C)C. The van der Waals surface area contributed by atoms with Crippen LogP contribution in [0.4, 0.5) is 4.79 Å². The fourth-order valence-corrected chi connectivity index (χ4v) is 3.48. The summed E-state index contributed by atoms with van der Waals surface area (Å²) in [6.45, 7) is 6.47. The van der Waals surface area contributed by atoms with Crippen LogP contribution in [0.1, 0.15) is 31.9 Å². The number of methoxy groups -OCH3 is 1. The lowest BCUT2D eigenvalue weighted by Gasteiger charge is -2.42. The molecule has 3 rings (SSSR count). The van der Waals surface area contributed by atoms with Gasteiger partial charge in [0.1, 0.15) is 23.9 Å². The fraction of sp³-hybridized carbons (Fsp3) is 0.480. The Bertz CT molecular complexity index is 823. The first kappa shape index (κ1) is 24.2. The first-order valence-electron chi connectivity index (χ1n) is 10.8. The number of amides is 1. The molecule has 174 valence electrons. The van der Waals surface area contributed by atoms with Gasteiger partial charge in [-0.3, -0.25) is 0 Å². The smallest absolute Gasteiger partial charge is 0.408 e. The van der Waals surface area contributed by atoms with Crippen LogP contribution < -0.4 is 5.32 Å². The maximum atomic E-state index is 12.6. The molecule has 2 aromatic carbocycles. The van der Waals surface area contributed by atoms with E-state index < -0.39 is 36.2 Å². The van der Waals surface area contributed by atoms with Crippen molar-refractivity contribution in [3.05, 3.63) is 71.8 Å². The zero-order valence-corrected chi connectivity index (χ0v) is 19.2. The van der Waals surface area contributed by atoms with Gasteiger partial charge in [0.25, 0.3) is 0 Å². The minimum Gasteiger partial charge on any atom is -0.444 e. The molecule has 1 saturated heterocycles. The monoisotopic (exact) mass is 443 g/mol. The van der Waals surface area contributed by atoms with Crippen LogP contribution in [0.3, 0.4) is 0 Å². The average Bonchev–Trinajstić information content (AvgIpc) is 2.77. The van der Waals surface area contributed by atoms with Crippen molar-refractivity contribution in [2.24, 2.45) is 0 Å². The van der Waals surface area contributed by atoms with Gasteiger partial charge in [0.2, 0.25) is 0 Å². The quantitative estimate of drug-likeness (QED) is 0.663. The van der Waals surface area contributed by atoms with Gasteiger partial charge in [0.05, 0.1) is 19.8 Å². The molecule has 0 bridgehead atoms. The van der Waals surface area contributed by atoms with Gasteiger partial charge in [-0.25, -0.2) is 4.79 Å². The summed E-state index contributed by atoms with van der Waals surface area (Å²) in [5.41, 5.74) is 1.43. The maximum absolute atomic E-state index is 12.6. The molecule has 1 amide bonds. The number of hydrogen-bond acceptors (Lipinski definition) is 6. The molecule has 7 nitrogen and oxygen atoms in total. The van der Waals surface area contributed by atoms with E-state index in [2.05, 4.69) is 5.32 Å². The molecule has 0 aromatic heterocycles. The number of carbonyl (C=O) groups is 1. The first-order chi connectivity index (χ1) is 15.4. The van der Waals surface area contributed by atoms with Crippen molar-refractivity contribution in [2.45, 2.75) is 64.1 Å². The van der Waals surface area contributed by atoms with Crippen LogP contribution >= 0.6 is 0 Å². The molecule has 1 aliphatic heterocycles. The Morgan fingerprint density at radius 2 is 1.53 bits per heavy atom. The second kappa shape index (κ2) is 11.4. The Hall–Kier alpha value is -2.45. The Morgan fingerprint density at radius 1 is 0.969 bits per heavy atom. The second-order valence-electron chi connectivity index (χ2n) is 8.71. The van der Waals surface area contributed by atoms with E-state index in [1.54, 1.807) is 0 Å². The lowest BCUT2D eigenvalue weighted by molar-refractivity contribution is -0.245. The molecule has 0 radical (unpaired) electrons. The number of alkyl carbamates (subject to hydrolysis) is 1. The van der Waals surface area contributed by atoms with E-state index >= 15 is 0 Å². The molecule has 0 saturated carbocycles. The topological polar surface area (TPSA) is 75.3 Å². The van der Waals surface area contributed by atoms with Gasteiger partial charge in [0.15, 0.2) is 6.29 Å². The van der Waals surface area contributed by atoms with Crippen LogP contribution in [0.5, 0.6) is 0 Å². The highest BCUT2D eigenvalue weighted by Crippen LogP contribution is 2.24. The van der Waals surface area contributed by atoms with Gasteiger partial charge in [-0.1, -0.05) is 60.7 Å². The summed E-state index contributed by atoms with van der Waals surface area (Å²) in [5.74, 6) is 0. The zero-order chi connectivity index (χ0) is 23.0. The van der Waals surface area contributed by atoms with Crippen molar-refractivity contribution in [3.8, 4) is 0 Å². The summed E-state index contributed by atoms with van der Waals surface area (Å²) >= 11 is 0. The van der Waals surface area contributed by atoms with Crippen molar-refractivity contribution >= 4 is 6.09 Å². The van der Waals surface area contributed by atoms with Crippen LogP contribution in [0.15, 0.2) is 60.7 Å². The predicted octanol–water partition coefficient (Wildman–Crippen LogP) is 4.05. The van der Waals surface area contributed by atoms with Gasteiger partial charge >= 0.3 is 6.09 Å². The van der Waals surface area contributed by atoms with Gasteiger partial charge in [0, 0.05) is 7.11 Å². The molecule has 0 unspecified atom stereocenters. The largest absolute Gasteiger partial charge is 0.444 e. The molecule has 0 aliphatic carbocycles. The van der Waals surface area contributed by atoms with Crippen molar-refractivity contribution < 1.29 is 28.5 Å². The molecule has 2 aromatic rings. The van der Waals surface area contributed by atoms with E-state index in [-0.39, 0.29) is 6.61 Å². The van der Waals surface area contributed by atoms with Crippen molar-refractivity contribution in [2.75, 3.05) is 13.7 Å². The third-order valence-electron chi connectivity index (χ3n) is 4.95. The molecule has 0 spiro atoms. The number of nitrogens with one attached hydrogen (secondary N) is 1. The molecular weight excluding hydrogens is 410 g/mol. The van der Waals surface area contributed by atoms with E-state index in [0.29, 0.717) is 13.2 Å². The summed E-state index contributed by atoms with van der Waals surface area (Å²) in [5, 5.41) is 2.87. The highest BCUT2D eigenvalue weighted by atomic mass is 16.7. The standard InChI is InChI=1S/C25H33NO6/c1-25(2,3)32-24(27)26-21-22(30-16-19-13-9-6-10-14-19)20(17-31-23(21)28-4)29-15-18-11-7-5-8-12-18/h5-14,20-23H,15-17H2,1-4H3,(H,26,27)/t20-,21+,22-,23+/m0/s1. The molecular formula is C25H33NO6. The van der Waals surface area contributed by atoms with E-state index in [4.69, 9.17) is 23.7 Å². The van der Waals surface area contributed by atoms with Crippen LogP contribution in [0, 0.1) is 0 Å². The van der Waals surface area contributed by atoms with E-state index in [0.717, 1.165) is 11.1 Å². The lowest BCUT2D eigenvalue weighted by atomic mass is 10.0. The van der Waals surface area contributed by atoms with Crippen molar-refractivity contribution in [1.82, 2.24) is 5.32 Å². The number of benzene rings is 2. The van der Waals surface area contributed by atoms with Gasteiger partial charge in [-0.05, 0) is 31.9 Å². The minimum atomic E-state index is -0.695. The van der Waals surface area contributed by atoms with E-state index in [1.165, 1.54) is 7.11 Å². The highest BCUT2D eigenvalue weighted by Gasteiger charge is 2.44. The van der Waals surface area contributed by atoms with Gasteiger partial charge in [-0.2, -0.15) is 0 Å². The third-order valence-corrected chi connectivity index (χ3v) is 4.95. The zero-order valence-electron chi connectivity index (χ0n) is 19.2. The summed E-state index contributed by atoms with van der Waals surface area (Å²) in [7, 11) is 1.54. The fourth-order valence-electron chi connectivity index (χ4n) is 3.48. The van der Waals surface area contributed by atoms with E-state index in [9.17, 15) is 4.79 Å². The lowest BCUT2D eigenvalue weighted by Crippen LogP contribution is -2.62. The third kappa shape index (κ3) is 7.31. The maximum Gasteiger partial charge on any atom is 0.408 e. The average molecular weight is 444 g/mol. The van der Waals surface area contributed by atoms with Crippen LogP contribution in [-0.4, -0.2) is 50.0 Å². The van der Waals surface area contributed by atoms with Crippen LogP contribution in [0.25, 0.3) is 0 Å². The molecule has 32 heavy (non-hydrogen) atoms. The molecule has 1 aliphatic rings. The minimum absolute atomic E-state index is 0.275. The first-order valence-corrected chi connectivity index (χ1v) is 10.8. The summed E-state index contributed by atoms with van der Waals surface area (Å²) in [4.78, 5) is 12.6. The number of carbonyl (C=O) groups excluding carboxylic acids is 1. The predicted molar refractivity (Wildman–Crippen MR) is 120 cm³/mol. The normalized spacial score (nSPS) is 23.5. The molecule has 4 atom stereocenters. The van der Waals surface area contributed by atoms with Crippen molar-refractivity contribution in [1.29, 1.82) is 0 Å². The van der Waals surface area contributed by atoms with Gasteiger partial charge in [-0.15, -0.1) is 0 Å². The molecule has 1 heterocycles. The second-order valence-corrected chi connectivity index (χ2v) is 8.71. The Morgan fingerprint density at radius 3 is 2.06 bits per heavy atom. The molecule has 1 N–H and O–H groups in total. The Labute approximate surface area is 190 Å². The summed E-state index contributed by atoms with van der Waals surface area (Å²) < 4.78 is 29.3. The highest BCUT2D eigenvalue weighted by molar-refractivity contribution is 5.68. The number of rotatable bonds is 8. The van der Waals surface area contributed by atoms with Crippen LogP contribution in [-0.2, 0) is 36.9 Å². The summed E-state index contributed by atoms with van der Waals surface area (Å²) in [6, 6.07) is 19.1. The Kier molecular flexibility index (Phi) is 8.64. The molecule has 7 heteroatoms. The van der Waals surface area contributed by atoms with Crippen molar-refractivity contribution in [3.63, 3.8) is 0 Å². The molecule has 1 fully saturated rings. The number of ether oxygens (including phenoxy) is 5.